The first-order valence-corrected chi connectivity index (χ1v) is 8.68. The van der Waals surface area contributed by atoms with E-state index in [2.05, 4.69) is 67.6 Å². The first kappa shape index (κ1) is 13.1. The van der Waals surface area contributed by atoms with Gasteiger partial charge in [-0.1, -0.05) is 60.7 Å². The summed E-state index contributed by atoms with van der Waals surface area (Å²) in [4.78, 5) is 0. The lowest BCUT2D eigenvalue weighted by Crippen LogP contribution is -2.25. The second-order valence-corrected chi connectivity index (χ2v) is 6.85. The summed E-state index contributed by atoms with van der Waals surface area (Å²) in [6.45, 7) is 2.92. The summed E-state index contributed by atoms with van der Waals surface area (Å²) in [6.07, 6.45) is 0. The molecule has 0 fully saturated rings. The van der Waals surface area contributed by atoms with Gasteiger partial charge in [-0.15, -0.1) is 0 Å². The van der Waals surface area contributed by atoms with E-state index < -0.39 is 9.04 Å². The van der Waals surface area contributed by atoms with Crippen LogP contribution in [-0.2, 0) is 16.5 Å². The lowest BCUT2D eigenvalue weighted by atomic mass is 10.2. The van der Waals surface area contributed by atoms with Crippen molar-refractivity contribution < 1.29 is 4.43 Å². The second-order valence-electron chi connectivity index (χ2n) is 4.46. The Labute approximate surface area is 111 Å². The van der Waals surface area contributed by atoms with E-state index in [9.17, 15) is 0 Å². The van der Waals surface area contributed by atoms with Crippen molar-refractivity contribution in [1.82, 2.24) is 0 Å². The highest BCUT2D eigenvalue weighted by atomic mass is 28.3. The molecule has 0 aliphatic heterocycles. The molecule has 0 radical (unpaired) electrons. The molecule has 0 unspecified atom stereocenters. The summed E-state index contributed by atoms with van der Waals surface area (Å²) in [5, 5.41) is 0. The highest BCUT2D eigenvalue weighted by molar-refractivity contribution is 6.50. The summed E-state index contributed by atoms with van der Waals surface area (Å²) < 4.78 is 5.99. The van der Waals surface area contributed by atoms with Crippen LogP contribution in [0.25, 0.3) is 0 Å². The number of hydrogen-bond acceptors (Lipinski definition) is 1. The highest BCUT2D eigenvalue weighted by Crippen LogP contribution is 2.09. The van der Waals surface area contributed by atoms with Gasteiger partial charge in [0.15, 0.2) is 9.04 Å². The Morgan fingerprint density at radius 3 is 1.61 bits per heavy atom. The van der Waals surface area contributed by atoms with Crippen LogP contribution in [0.2, 0.25) is 0 Å². The lowest BCUT2D eigenvalue weighted by molar-refractivity contribution is 0.340. The molecule has 0 amide bonds. The van der Waals surface area contributed by atoms with Crippen molar-refractivity contribution in [3.05, 3.63) is 71.8 Å². The molecule has 2 aromatic rings. The van der Waals surface area contributed by atoms with Gasteiger partial charge in [0.05, 0.1) is 0 Å². The molecule has 0 heterocycles. The molecule has 18 heavy (non-hydrogen) atoms. The van der Waals surface area contributed by atoms with Crippen LogP contribution < -0.4 is 0 Å². The van der Waals surface area contributed by atoms with Crippen molar-refractivity contribution in [3.8, 4) is 0 Å². The number of hydrogen-bond donors (Lipinski definition) is 0. The van der Waals surface area contributed by atoms with E-state index in [1.54, 1.807) is 0 Å². The predicted octanol–water partition coefficient (Wildman–Crippen LogP) is 3.31. The zero-order chi connectivity index (χ0) is 12.6. The van der Waals surface area contributed by atoms with Gasteiger partial charge in [0.2, 0.25) is 0 Å². The van der Waals surface area contributed by atoms with Crippen LogP contribution in [-0.4, -0.2) is 15.6 Å². The maximum atomic E-state index is 5.99. The molecule has 0 N–H and O–H groups in total. The summed E-state index contributed by atoms with van der Waals surface area (Å²) in [7, 11) is -1.19. The molecule has 2 rings (SSSR count). The van der Waals surface area contributed by atoms with E-state index in [0.717, 1.165) is 18.7 Å². The van der Waals surface area contributed by atoms with E-state index >= 15 is 0 Å². The fourth-order valence-electron chi connectivity index (χ4n) is 2.18. The minimum absolute atomic E-state index is 0.830. The Kier molecular flexibility index (Phi) is 5.18. The van der Waals surface area contributed by atoms with Crippen LogP contribution in [0.15, 0.2) is 60.7 Å². The van der Waals surface area contributed by atoms with Crippen LogP contribution in [0.4, 0.5) is 0 Å². The molecule has 0 saturated carbocycles. The third-order valence-electron chi connectivity index (χ3n) is 3.01. The normalized spacial score (nSPS) is 10.8. The SMILES string of the molecule is CCO[SiH](Cc1ccccc1)Cc1ccccc1. The maximum absolute atomic E-state index is 5.99. The van der Waals surface area contributed by atoms with Crippen molar-refractivity contribution in [2.24, 2.45) is 0 Å². The Hall–Kier alpha value is -1.38. The molecular weight excluding hydrogens is 236 g/mol. The molecule has 0 aliphatic rings. The lowest BCUT2D eigenvalue weighted by Gasteiger charge is -2.15. The zero-order valence-electron chi connectivity index (χ0n) is 10.9. The molecule has 2 heteroatoms. The van der Waals surface area contributed by atoms with Gasteiger partial charge in [0.1, 0.15) is 0 Å². The molecule has 0 saturated heterocycles. The van der Waals surface area contributed by atoms with Crippen LogP contribution in [0, 0.1) is 0 Å². The third kappa shape index (κ3) is 4.13. The van der Waals surface area contributed by atoms with Crippen molar-refractivity contribution in [3.63, 3.8) is 0 Å². The summed E-state index contributed by atoms with van der Waals surface area (Å²) in [5.74, 6) is 0. The van der Waals surface area contributed by atoms with Gasteiger partial charge in [0, 0.05) is 6.61 Å². The zero-order valence-corrected chi connectivity index (χ0v) is 12.0. The molecule has 1 nitrogen and oxygen atoms in total. The molecule has 2 aromatic carbocycles. The highest BCUT2D eigenvalue weighted by Gasteiger charge is 2.13. The summed E-state index contributed by atoms with van der Waals surface area (Å²) >= 11 is 0. The van der Waals surface area contributed by atoms with E-state index in [1.807, 2.05) is 0 Å². The van der Waals surface area contributed by atoms with Crippen molar-refractivity contribution in [2.45, 2.75) is 19.0 Å². The van der Waals surface area contributed by atoms with Gasteiger partial charge >= 0.3 is 0 Å². The van der Waals surface area contributed by atoms with Gasteiger partial charge in [0.25, 0.3) is 0 Å². The quantitative estimate of drug-likeness (QED) is 0.721. The second kappa shape index (κ2) is 7.14. The molecular formula is C16H20OSi. The molecule has 0 aliphatic carbocycles. The Morgan fingerprint density at radius 1 is 0.778 bits per heavy atom. The fourth-order valence-corrected chi connectivity index (χ4v) is 4.63. The topological polar surface area (TPSA) is 9.23 Å². The van der Waals surface area contributed by atoms with Gasteiger partial charge in [-0.3, -0.25) is 0 Å². The largest absolute Gasteiger partial charge is 0.420 e. The van der Waals surface area contributed by atoms with Crippen LogP contribution in [0.1, 0.15) is 18.1 Å². The average Bonchev–Trinajstić information content (AvgIpc) is 2.41. The first-order valence-electron chi connectivity index (χ1n) is 6.58. The van der Waals surface area contributed by atoms with Crippen molar-refractivity contribution in [1.29, 1.82) is 0 Å². The van der Waals surface area contributed by atoms with Crippen molar-refractivity contribution in [2.75, 3.05) is 6.61 Å². The van der Waals surface area contributed by atoms with E-state index in [4.69, 9.17) is 4.43 Å². The maximum Gasteiger partial charge on any atom is 0.185 e. The predicted molar refractivity (Wildman–Crippen MR) is 79.1 cm³/mol. The first-order chi connectivity index (χ1) is 8.88. The number of rotatable bonds is 6. The monoisotopic (exact) mass is 256 g/mol. The Morgan fingerprint density at radius 2 is 1.22 bits per heavy atom. The molecule has 0 atom stereocenters. The third-order valence-corrected chi connectivity index (χ3v) is 5.67. The molecule has 94 valence electrons. The minimum atomic E-state index is -1.19. The fraction of sp³-hybridized carbons (Fsp3) is 0.250. The number of benzene rings is 2. The van der Waals surface area contributed by atoms with Gasteiger partial charge in [-0.25, -0.2) is 0 Å². The van der Waals surface area contributed by atoms with Crippen LogP contribution in [0.5, 0.6) is 0 Å². The summed E-state index contributed by atoms with van der Waals surface area (Å²) in [6, 6.07) is 23.6. The van der Waals surface area contributed by atoms with E-state index in [-0.39, 0.29) is 0 Å². The standard InChI is InChI=1S/C16H20OSi/c1-2-17-18(13-15-9-5-3-6-10-15)14-16-11-7-4-8-12-16/h3-12,18H,2,13-14H2,1H3. The minimum Gasteiger partial charge on any atom is -0.420 e. The molecule has 0 bridgehead atoms. The molecule has 0 aromatic heterocycles. The van der Waals surface area contributed by atoms with Crippen LogP contribution in [0.3, 0.4) is 0 Å². The van der Waals surface area contributed by atoms with Crippen LogP contribution >= 0.6 is 0 Å². The average molecular weight is 256 g/mol. The van der Waals surface area contributed by atoms with E-state index in [1.165, 1.54) is 11.1 Å². The smallest absolute Gasteiger partial charge is 0.185 e. The van der Waals surface area contributed by atoms with Gasteiger partial charge in [-0.2, -0.15) is 0 Å². The van der Waals surface area contributed by atoms with Gasteiger partial charge < -0.3 is 4.43 Å². The Bertz CT molecular complexity index is 400. The van der Waals surface area contributed by atoms with Gasteiger partial charge in [-0.05, 0) is 30.1 Å². The van der Waals surface area contributed by atoms with E-state index in [0.29, 0.717) is 0 Å². The Balaban J connectivity index is 2.00. The molecule has 0 spiro atoms. The summed E-state index contributed by atoms with van der Waals surface area (Å²) in [5.41, 5.74) is 2.80. The van der Waals surface area contributed by atoms with Crippen molar-refractivity contribution >= 4 is 9.04 Å².